The Labute approximate surface area is 110 Å². The predicted molar refractivity (Wildman–Crippen MR) is 79.8 cm³/mol. The number of hydrogen-bond donors (Lipinski definition) is 1. The Hall–Kier alpha value is -1.60. The lowest BCUT2D eigenvalue weighted by Gasteiger charge is -2.20. The van der Waals surface area contributed by atoms with Crippen molar-refractivity contribution in [3.05, 3.63) is 60.7 Å². The van der Waals surface area contributed by atoms with Gasteiger partial charge in [0.2, 0.25) is 0 Å². The number of fused-ring (bicyclic) bond motifs is 1. The molecule has 2 unspecified atom stereocenters. The van der Waals surface area contributed by atoms with E-state index in [2.05, 4.69) is 68.2 Å². The van der Waals surface area contributed by atoms with Crippen LogP contribution in [0.2, 0.25) is 0 Å². The van der Waals surface area contributed by atoms with Crippen molar-refractivity contribution in [2.24, 2.45) is 0 Å². The molecule has 2 aromatic rings. The first-order valence-electron chi connectivity index (χ1n) is 6.57. The third-order valence-corrected chi connectivity index (χ3v) is 3.34. The summed E-state index contributed by atoms with van der Waals surface area (Å²) in [7, 11) is 0. The van der Waals surface area contributed by atoms with Crippen LogP contribution in [-0.4, -0.2) is 6.04 Å². The van der Waals surface area contributed by atoms with Gasteiger partial charge < -0.3 is 5.32 Å². The standard InChI is InChI=1S/C17H21N/c1-4-8-13(2)18-14(3)16-12-7-10-15-9-5-6-11-17(15)16/h4-7,9-14,18H,1,8H2,2-3H3. The highest BCUT2D eigenvalue weighted by atomic mass is 14.9. The molecule has 94 valence electrons. The molecule has 1 heteroatoms. The van der Waals surface area contributed by atoms with Gasteiger partial charge in [-0.05, 0) is 36.6 Å². The summed E-state index contributed by atoms with van der Waals surface area (Å²) in [5.74, 6) is 0. The van der Waals surface area contributed by atoms with Crippen molar-refractivity contribution >= 4 is 10.8 Å². The van der Waals surface area contributed by atoms with Gasteiger partial charge in [-0.2, -0.15) is 0 Å². The molecule has 0 aliphatic heterocycles. The van der Waals surface area contributed by atoms with E-state index in [1.165, 1.54) is 16.3 Å². The van der Waals surface area contributed by atoms with Crippen LogP contribution in [0.1, 0.15) is 31.9 Å². The van der Waals surface area contributed by atoms with Crippen molar-refractivity contribution in [1.82, 2.24) is 5.32 Å². The van der Waals surface area contributed by atoms with Gasteiger partial charge in [-0.1, -0.05) is 48.5 Å². The molecule has 1 N–H and O–H groups in total. The van der Waals surface area contributed by atoms with Gasteiger partial charge in [0.05, 0.1) is 0 Å². The number of hydrogen-bond acceptors (Lipinski definition) is 1. The van der Waals surface area contributed by atoms with E-state index in [4.69, 9.17) is 0 Å². The predicted octanol–water partition coefficient (Wildman–Crippen LogP) is 4.46. The van der Waals surface area contributed by atoms with E-state index < -0.39 is 0 Å². The second kappa shape index (κ2) is 5.83. The Bertz CT molecular complexity index is 525. The van der Waals surface area contributed by atoms with Crippen LogP contribution in [0.3, 0.4) is 0 Å². The summed E-state index contributed by atoms with van der Waals surface area (Å²) in [6.45, 7) is 8.21. The monoisotopic (exact) mass is 239 g/mol. The molecule has 0 saturated heterocycles. The minimum Gasteiger partial charge on any atom is -0.307 e. The maximum Gasteiger partial charge on any atom is 0.0300 e. The van der Waals surface area contributed by atoms with E-state index >= 15 is 0 Å². The molecule has 0 aromatic heterocycles. The molecule has 1 nitrogen and oxygen atoms in total. The summed E-state index contributed by atoms with van der Waals surface area (Å²) in [6.07, 6.45) is 2.96. The Morgan fingerprint density at radius 3 is 2.61 bits per heavy atom. The van der Waals surface area contributed by atoms with Crippen LogP contribution < -0.4 is 5.32 Å². The Balaban J connectivity index is 2.27. The molecule has 0 saturated carbocycles. The van der Waals surface area contributed by atoms with E-state index in [9.17, 15) is 0 Å². The van der Waals surface area contributed by atoms with Crippen LogP contribution in [0, 0.1) is 0 Å². The van der Waals surface area contributed by atoms with Crippen molar-refractivity contribution in [1.29, 1.82) is 0 Å². The molecule has 0 fully saturated rings. The van der Waals surface area contributed by atoms with Gasteiger partial charge in [-0.3, -0.25) is 0 Å². The molecule has 0 spiro atoms. The van der Waals surface area contributed by atoms with E-state index in [0.717, 1.165) is 6.42 Å². The highest BCUT2D eigenvalue weighted by molar-refractivity contribution is 5.86. The lowest BCUT2D eigenvalue weighted by Crippen LogP contribution is -2.28. The second-order valence-corrected chi connectivity index (χ2v) is 4.88. The molecule has 2 aromatic carbocycles. The maximum absolute atomic E-state index is 3.79. The van der Waals surface area contributed by atoms with Crippen molar-refractivity contribution < 1.29 is 0 Å². The largest absolute Gasteiger partial charge is 0.307 e. The van der Waals surface area contributed by atoms with Crippen molar-refractivity contribution in [3.8, 4) is 0 Å². The van der Waals surface area contributed by atoms with Crippen LogP contribution in [0.15, 0.2) is 55.1 Å². The molecular weight excluding hydrogens is 218 g/mol. The first-order chi connectivity index (χ1) is 8.72. The zero-order valence-electron chi connectivity index (χ0n) is 11.2. The summed E-state index contributed by atoms with van der Waals surface area (Å²) >= 11 is 0. The molecule has 0 aliphatic carbocycles. The molecular formula is C17H21N. The molecule has 0 heterocycles. The zero-order valence-corrected chi connectivity index (χ0v) is 11.2. The van der Waals surface area contributed by atoms with Crippen LogP contribution in [0.5, 0.6) is 0 Å². The van der Waals surface area contributed by atoms with E-state index in [-0.39, 0.29) is 0 Å². The third-order valence-electron chi connectivity index (χ3n) is 3.34. The van der Waals surface area contributed by atoms with Gasteiger partial charge in [0.15, 0.2) is 0 Å². The van der Waals surface area contributed by atoms with Crippen LogP contribution >= 0.6 is 0 Å². The highest BCUT2D eigenvalue weighted by Crippen LogP contribution is 2.24. The van der Waals surface area contributed by atoms with Crippen molar-refractivity contribution in [2.75, 3.05) is 0 Å². The van der Waals surface area contributed by atoms with Crippen LogP contribution in [-0.2, 0) is 0 Å². The molecule has 2 atom stereocenters. The minimum absolute atomic E-state index is 0.353. The second-order valence-electron chi connectivity index (χ2n) is 4.88. The molecule has 0 radical (unpaired) electrons. The van der Waals surface area contributed by atoms with E-state index in [1.807, 2.05) is 6.08 Å². The Morgan fingerprint density at radius 2 is 1.83 bits per heavy atom. The lowest BCUT2D eigenvalue weighted by molar-refractivity contribution is 0.484. The van der Waals surface area contributed by atoms with Gasteiger partial charge >= 0.3 is 0 Å². The molecule has 0 bridgehead atoms. The summed E-state index contributed by atoms with van der Waals surface area (Å²) in [6, 6.07) is 15.9. The smallest absolute Gasteiger partial charge is 0.0300 e. The number of nitrogens with one attached hydrogen (secondary N) is 1. The Kier molecular flexibility index (Phi) is 4.16. The van der Waals surface area contributed by atoms with E-state index in [1.54, 1.807) is 0 Å². The first kappa shape index (κ1) is 12.8. The maximum atomic E-state index is 3.79. The van der Waals surface area contributed by atoms with Gasteiger partial charge in [-0.15, -0.1) is 6.58 Å². The summed E-state index contributed by atoms with van der Waals surface area (Å²) in [5.41, 5.74) is 1.36. The summed E-state index contributed by atoms with van der Waals surface area (Å²) in [4.78, 5) is 0. The molecule has 0 aliphatic rings. The normalized spacial score (nSPS) is 14.3. The van der Waals surface area contributed by atoms with Gasteiger partial charge in [-0.25, -0.2) is 0 Å². The highest BCUT2D eigenvalue weighted by Gasteiger charge is 2.10. The topological polar surface area (TPSA) is 12.0 Å². The van der Waals surface area contributed by atoms with Gasteiger partial charge in [0.1, 0.15) is 0 Å². The number of benzene rings is 2. The molecule has 18 heavy (non-hydrogen) atoms. The van der Waals surface area contributed by atoms with Gasteiger partial charge in [0, 0.05) is 12.1 Å². The van der Waals surface area contributed by atoms with Crippen LogP contribution in [0.25, 0.3) is 10.8 Å². The first-order valence-corrected chi connectivity index (χ1v) is 6.57. The third kappa shape index (κ3) is 2.80. The fourth-order valence-corrected chi connectivity index (χ4v) is 2.46. The lowest BCUT2D eigenvalue weighted by atomic mass is 9.99. The Morgan fingerprint density at radius 1 is 1.11 bits per heavy atom. The van der Waals surface area contributed by atoms with Gasteiger partial charge in [0.25, 0.3) is 0 Å². The molecule has 2 rings (SSSR count). The van der Waals surface area contributed by atoms with Crippen molar-refractivity contribution in [3.63, 3.8) is 0 Å². The zero-order chi connectivity index (χ0) is 13.0. The fourth-order valence-electron chi connectivity index (χ4n) is 2.46. The van der Waals surface area contributed by atoms with Crippen molar-refractivity contribution in [2.45, 2.75) is 32.4 Å². The minimum atomic E-state index is 0.353. The summed E-state index contributed by atoms with van der Waals surface area (Å²) < 4.78 is 0. The quantitative estimate of drug-likeness (QED) is 0.760. The summed E-state index contributed by atoms with van der Waals surface area (Å²) in [5, 5.41) is 6.26. The number of rotatable bonds is 5. The fraction of sp³-hybridized carbons (Fsp3) is 0.294. The van der Waals surface area contributed by atoms with Crippen LogP contribution in [0.4, 0.5) is 0 Å². The van der Waals surface area contributed by atoms with E-state index in [0.29, 0.717) is 12.1 Å². The molecule has 0 amide bonds. The SMILES string of the molecule is C=CCC(C)NC(C)c1cccc2ccccc12. The average molecular weight is 239 g/mol. The average Bonchev–Trinajstić information content (AvgIpc) is 2.38.